The highest BCUT2D eigenvalue weighted by atomic mass is 16.5. The van der Waals surface area contributed by atoms with Crippen LogP contribution < -0.4 is 15.0 Å². The van der Waals surface area contributed by atoms with Crippen LogP contribution in [-0.4, -0.2) is 55.7 Å². The molecule has 0 bridgehead atoms. The molecule has 1 fully saturated rings. The average molecular weight is 319 g/mol. The first-order valence-electron chi connectivity index (χ1n) is 8.26. The van der Waals surface area contributed by atoms with Crippen molar-refractivity contribution in [2.75, 3.05) is 38.2 Å². The maximum absolute atomic E-state index is 12.3. The number of methoxy groups -OCH3 is 1. The van der Waals surface area contributed by atoms with Crippen LogP contribution in [0.3, 0.4) is 0 Å². The first kappa shape index (κ1) is 17.6. The fourth-order valence-corrected chi connectivity index (χ4v) is 2.88. The maximum Gasteiger partial charge on any atom is 0.237 e. The second-order valence-electron chi connectivity index (χ2n) is 7.11. The smallest absolute Gasteiger partial charge is 0.237 e. The van der Waals surface area contributed by atoms with Gasteiger partial charge in [-0.1, -0.05) is 12.1 Å². The highest BCUT2D eigenvalue weighted by molar-refractivity contribution is 5.82. The maximum atomic E-state index is 12.3. The molecule has 1 amide bonds. The summed E-state index contributed by atoms with van der Waals surface area (Å²) >= 11 is 0. The van der Waals surface area contributed by atoms with E-state index in [9.17, 15) is 4.79 Å². The molecule has 0 aromatic heterocycles. The van der Waals surface area contributed by atoms with Gasteiger partial charge in [0.05, 0.1) is 18.8 Å². The number of hydrogen-bond donors (Lipinski definition) is 1. The Hall–Kier alpha value is -1.75. The fraction of sp³-hybridized carbons (Fsp3) is 0.611. The molecule has 5 heteroatoms. The zero-order valence-electron chi connectivity index (χ0n) is 14.9. The molecule has 0 unspecified atom stereocenters. The van der Waals surface area contributed by atoms with Crippen LogP contribution >= 0.6 is 0 Å². The number of anilines is 1. The van der Waals surface area contributed by atoms with E-state index < -0.39 is 0 Å². The van der Waals surface area contributed by atoms with Gasteiger partial charge in [0.2, 0.25) is 5.91 Å². The van der Waals surface area contributed by atoms with Gasteiger partial charge < -0.3 is 15.0 Å². The van der Waals surface area contributed by atoms with Crippen LogP contribution in [0.15, 0.2) is 24.3 Å². The summed E-state index contributed by atoms with van der Waals surface area (Å²) in [6.07, 6.45) is 0. The topological polar surface area (TPSA) is 44.8 Å². The highest BCUT2D eigenvalue weighted by Gasteiger charge is 2.28. The van der Waals surface area contributed by atoms with Crippen molar-refractivity contribution in [1.29, 1.82) is 0 Å². The standard InChI is InChI=1S/C18H29N3O2/c1-14(17(22)19-18(2,3)4)20-10-12-21(13-11-20)15-8-6-7-9-16(15)23-5/h6-9,14H,10-13H2,1-5H3,(H,19,22)/t14-/m1/s1. The van der Waals surface area contributed by atoms with Gasteiger partial charge in [-0.3, -0.25) is 9.69 Å². The lowest BCUT2D eigenvalue weighted by Gasteiger charge is -2.39. The Kier molecular flexibility index (Phi) is 5.52. The summed E-state index contributed by atoms with van der Waals surface area (Å²) in [5, 5.41) is 3.06. The Labute approximate surface area is 139 Å². The third-order valence-electron chi connectivity index (χ3n) is 4.17. The van der Waals surface area contributed by atoms with Crippen molar-refractivity contribution in [2.45, 2.75) is 39.3 Å². The number of carbonyl (C=O) groups excluding carboxylic acids is 1. The minimum Gasteiger partial charge on any atom is -0.495 e. The summed E-state index contributed by atoms with van der Waals surface area (Å²) in [5.41, 5.74) is 0.936. The SMILES string of the molecule is COc1ccccc1N1CCN([C@H](C)C(=O)NC(C)(C)C)CC1. The van der Waals surface area contributed by atoms with Gasteiger partial charge >= 0.3 is 0 Å². The van der Waals surface area contributed by atoms with Crippen LogP contribution in [0.4, 0.5) is 5.69 Å². The number of ether oxygens (including phenoxy) is 1. The van der Waals surface area contributed by atoms with Crippen molar-refractivity contribution in [3.05, 3.63) is 24.3 Å². The molecule has 0 saturated carbocycles. The van der Waals surface area contributed by atoms with E-state index in [0.29, 0.717) is 0 Å². The number of rotatable bonds is 4. The van der Waals surface area contributed by atoms with Crippen molar-refractivity contribution in [2.24, 2.45) is 0 Å². The Bertz CT molecular complexity index is 531. The minimum atomic E-state index is -0.190. The van der Waals surface area contributed by atoms with Crippen molar-refractivity contribution in [1.82, 2.24) is 10.2 Å². The second kappa shape index (κ2) is 7.21. The Morgan fingerprint density at radius 2 is 1.78 bits per heavy atom. The number of amides is 1. The molecule has 1 atom stereocenters. The molecule has 1 aliphatic rings. The van der Waals surface area contributed by atoms with Crippen LogP contribution in [0.25, 0.3) is 0 Å². The number of para-hydroxylation sites is 2. The lowest BCUT2D eigenvalue weighted by molar-refractivity contribution is -0.127. The van der Waals surface area contributed by atoms with E-state index in [0.717, 1.165) is 37.6 Å². The lowest BCUT2D eigenvalue weighted by Crippen LogP contribution is -2.56. The summed E-state index contributed by atoms with van der Waals surface area (Å²) in [6.45, 7) is 11.6. The number of nitrogens with zero attached hydrogens (tertiary/aromatic N) is 2. The Balaban J connectivity index is 1.94. The summed E-state index contributed by atoms with van der Waals surface area (Å²) in [5.74, 6) is 1.00. The molecule has 0 spiro atoms. The molecule has 1 aromatic rings. The van der Waals surface area contributed by atoms with Crippen LogP contribution in [0.5, 0.6) is 5.75 Å². The van der Waals surface area contributed by atoms with Crippen molar-refractivity contribution >= 4 is 11.6 Å². The van der Waals surface area contributed by atoms with Gasteiger partial charge in [-0.2, -0.15) is 0 Å². The highest BCUT2D eigenvalue weighted by Crippen LogP contribution is 2.28. The molecule has 128 valence electrons. The van der Waals surface area contributed by atoms with E-state index in [-0.39, 0.29) is 17.5 Å². The number of hydrogen-bond acceptors (Lipinski definition) is 4. The summed E-state index contributed by atoms with van der Waals surface area (Å²) in [7, 11) is 1.70. The van der Waals surface area contributed by atoms with E-state index in [1.165, 1.54) is 0 Å². The second-order valence-corrected chi connectivity index (χ2v) is 7.11. The Morgan fingerprint density at radius 3 is 2.35 bits per heavy atom. The molecule has 1 N–H and O–H groups in total. The van der Waals surface area contributed by atoms with Crippen LogP contribution in [0.2, 0.25) is 0 Å². The van der Waals surface area contributed by atoms with Crippen LogP contribution in [0, 0.1) is 0 Å². The zero-order chi connectivity index (χ0) is 17.0. The Morgan fingerprint density at radius 1 is 1.17 bits per heavy atom. The molecule has 5 nitrogen and oxygen atoms in total. The summed E-state index contributed by atoms with van der Waals surface area (Å²) in [6, 6.07) is 7.99. The van der Waals surface area contributed by atoms with E-state index >= 15 is 0 Å². The zero-order valence-corrected chi connectivity index (χ0v) is 14.9. The van der Waals surface area contributed by atoms with Gasteiger partial charge in [0.25, 0.3) is 0 Å². The first-order chi connectivity index (χ1) is 10.8. The van der Waals surface area contributed by atoms with Gasteiger partial charge in [-0.15, -0.1) is 0 Å². The largest absolute Gasteiger partial charge is 0.495 e. The molecule has 23 heavy (non-hydrogen) atoms. The van der Waals surface area contributed by atoms with Gasteiger partial charge in [-0.05, 0) is 39.8 Å². The summed E-state index contributed by atoms with van der Waals surface area (Å²) < 4.78 is 5.45. The van der Waals surface area contributed by atoms with Crippen LogP contribution in [0.1, 0.15) is 27.7 Å². The molecular formula is C18H29N3O2. The van der Waals surface area contributed by atoms with Gasteiger partial charge in [-0.25, -0.2) is 0 Å². The minimum absolute atomic E-state index is 0.100. The third kappa shape index (κ3) is 4.61. The molecule has 1 aromatic carbocycles. The molecule has 0 aliphatic carbocycles. The number of carbonyl (C=O) groups is 1. The van der Waals surface area contributed by atoms with E-state index in [4.69, 9.17) is 4.74 Å². The lowest BCUT2D eigenvalue weighted by atomic mass is 10.1. The van der Waals surface area contributed by atoms with Gasteiger partial charge in [0.1, 0.15) is 5.75 Å². The molecular weight excluding hydrogens is 290 g/mol. The van der Waals surface area contributed by atoms with Crippen molar-refractivity contribution in [3.8, 4) is 5.75 Å². The molecule has 1 heterocycles. The molecule has 1 saturated heterocycles. The van der Waals surface area contributed by atoms with E-state index in [2.05, 4.69) is 21.2 Å². The average Bonchev–Trinajstić information content (AvgIpc) is 2.52. The number of nitrogens with one attached hydrogen (secondary N) is 1. The third-order valence-corrected chi connectivity index (χ3v) is 4.17. The van der Waals surface area contributed by atoms with E-state index in [1.807, 2.05) is 45.9 Å². The first-order valence-corrected chi connectivity index (χ1v) is 8.26. The molecule has 0 radical (unpaired) electrons. The predicted octanol–water partition coefficient (Wildman–Crippen LogP) is 2.12. The van der Waals surface area contributed by atoms with Gasteiger partial charge in [0.15, 0.2) is 0 Å². The molecule has 1 aliphatic heterocycles. The predicted molar refractivity (Wildman–Crippen MR) is 94.1 cm³/mol. The number of benzene rings is 1. The van der Waals surface area contributed by atoms with Gasteiger partial charge in [0, 0.05) is 31.7 Å². The van der Waals surface area contributed by atoms with Crippen molar-refractivity contribution in [3.63, 3.8) is 0 Å². The quantitative estimate of drug-likeness (QED) is 0.923. The summed E-state index contributed by atoms with van der Waals surface area (Å²) in [4.78, 5) is 16.9. The monoisotopic (exact) mass is 319 g/mol. The van der Waals surface area contributed by atoms with Crippen LogP contribution in [-0.2, 0) is 4.79 Å². The normalized spacial score (nSPS) is 17.7. The van der Waals surface area contributed by atoms with Crippen molar-refractivity contribution < 1.29 is 9.53 Å². The number of piperazine rings is 1. The molecule has 2 rings (SSSR count). The fourth-order valence-electron chi connectivity index (χ4n) is 2.88. The van der Waals surface area contributed by atoms with E-state index in [1.54, 1.807) is 7.11 Å².